The van der Waals surface area contributed by atoms with Crippen LogP contribution in [-0.2, 0) is 18.6 Å². The minimum absolute atomic E-state index is 0.143. The quantitative estimate of drug-likeness (QED) is 0.614. The van der Waals surface area contributed by atoms with Crippen LogP contribution in [0, 0.1) is 0 Å². The third-order valence-corrected chi connectivity index (χ3v) is 4.34. The molecule has 0 fully saturated rings. The molecule has 134 valence electrons. The molecule has 25 heavy (non-hydrogen) atoms. The molecule has 2 aromatic carbocycles. The molecule has 0 radical (unpaired) electrons. The summed E-state index contributed by atoms with van der Waals surface area (Å²) >= 11 is 0. The largest absolute Gasteiger partial charge is 0.508 e. The zero-order valence-electron chi connectivity index (χ0n) is 15.4. The number of benzene rings is 2. The van der Waals surface area contributed by atoms with Crippen molar-refractivity contribution in [3.8, 4) is 11.5 Å². The maximum absolute atomic E-state index is 9.63. The predicted octanol–water partition coefficient (Wildman–Crippen LogP) is 2.77. The minimum Gasteiger partial charge on any atom is -0.508 e. The molecule has 2 aromatic rings. The van der Waals surface area contributed by atoms with Crippen LogP contribution in [0.4, 0.5) is 0 Å². The second-order valence-electron chi connectivity index (χ2n) is 6.80. The Balaban J connectivity index is 1.92. The first-order valence-electron chi connectivity index (χ1n) is 8.86. The Hall–Kier alpha value is -1.98. The van der Waals surface area contributed by atoms with Gasteiger partial charge in [0.25, 0.3) is 0 Å². The van der Waals surface area contributed by atoms with Crippen molar-refractivity contribution in [3.05, 3.63) is 59.2 Å². The van der Waals surface area contributed by atoms with Crippen molar-refractivity contribution in [3.63, 3.8) is 0 Å². The van der Waals surface area contributed by atoms with E-state index in [1.165, 1.54) is 5.56 Å². The smallest absolute Gasteiger partial charge is 0.165 e. The van der Waals surface area contributed by atoms with E-state index < -0.39 is 0 Å². The highest BCUT2D eigenvalue weighted by Crippen LogP contribution is 2.23. The number of hydrogen-bond acceptors (Lipinski definition) is 4. The Morgan fingerprint density at radius 3 is 2.48 bits per heavy atom. The molecule has 0 saturated carbocycles. The highest BCUT2D eigenvalue weighted by molar-refractivity contribution is 6.33. The number of nitrogens with one attached hydrogen (secondary N) is 1. The van der Waals surface area contributed by atoms with E-state index in [0.717, 1.165) is 38.1 Å². The van der Waals surface area contributed by atoms with Crippen LogP contribution in [0.3, 0.4) is 0 Å². The van der Waals surface area contributed by atoms with Crippen LogP contribution in [0.1, 0.15) is 30.5 Å². The van der Waals surface area contributed by atoms with Crippen LogP contribution in [0.5, 0.6) is 11.5 Å². The molecule has 0 amide bonds. The Morgan fingerprint density at radius 1 is 1.12 bits per heavy atom. The van der Waals surface area contributed by atoms with Crippen LogP contribution >= 0.6 is 0 Å². The molecule has 0 heterocycles. The molecule has 0 atom stereocenters. The van der Waals surface area contributed by atoms with Gasteiger partial charge >= 0.3 is 0 Å². The molecule has 0 aliphatic rings. The number of aromatic hydroxyl groups is 1. The summed E-state index contributed by atoms with van der Waals surface area (Å²) in [5, 5.41) is 22.4. The molecule has 0 aromatic heterocycles. The van der Waals surface area contributed by atoms with Gasteiger partial charge in [0, 0.05) is 11.1 Å². The van der Waals surface area contributed by atoms with E-state index in [2.05, 4.69) is 38.1 Å². The summed E-state index contributed by atoms with van der Waals surface area (Å²) in [5.74, 6) is 1.05. The maximum Gasteiger partial charge on any atom is 0.165 e. The molecular formula is C20H28BNO3. The van der Waals surface area contributed by atoms with Crippen molar-refractivity contribution in [2.24, 2.45) is 0 Å². The van der Waals surface area contributed by atoms with Gasteiger partial charge in [-0.15, -0.1) is 0 Å². The van der Waals surface area contributed by atoms with Crippen LogP contribution in [0.2, 0.25) is 6.82 Å². The summed E-state index contributed by atoms with van der Waals surface area (Å²) in [6.45, 7) is 7.81. The number of aliphatic hydroxyl groups excluding tert-OH is 1. The van der Waals surface area contributed by atoms with E-state index in [4.69, 9.17) is 4.74 Å². The Kier molecular flexibility index (Phi) is 6.91. The van der Waals surface area contributed by atoms with Crippen molar-refractivity contribution < 1.29 is 14.9 Å². The van der Waals surface area contributed by atoms with E-state index in [9.17, 15) is 10.2 Å². The SMILES string of the molecule is CBCOc1ccc(C(C)(C)NCCc2ccc(O)c(CO)c2)cc1. The van der Waals surface area contributed by atoms with E-state index in [-0.39, 0.29) is 17.9 Å². The molecule has 0 saturated heterocycles. The van der Waals surface area contributed by atoms with Crippen LogP contribution in [0.25, 0.3) is 0 Å². The van der Waals surface area contributed by atoms with Gasteiger partial charge in [0.15, 0.2) is 7.28 Å². The summed E-state index contributed by atoms with van der Waals surface area (Å²) in [6, 6.07) is 13.6. The first-order valence-corrected chi connectivity index (χ1v) is 8.86. The lowest BCUT2D eigenvalue weighted by molar-refractivity contribution is 0.275. The fourth-order valence-corrected chi connectivity index (χ4v) is 2.73. The van der Waals surface area contributed by atoms with Crippen LogP contribution in [-0.4, -0.2) is 30.5 Å². The molecule has 0 bridgehead atoms. The topological polar surface area (TPSA) is 61.7 Å². The van der Waals surface area contributed by atoms with E-state index in [1.807, 2.05) is 24.3 Å². The van der Waals surface area contributed by atoms with Crippen molar-refractivity contribution in [2.75, 3.05) is 13.1 Å². The summed E-state index contributed by atoms with van der Waals surface area (Å²) < 4.78 is 5.63. The van der Waals surface area contributed by atoms with E-state index in [0.29, 0.717) is 5.56 Å². The summed E-state index contributed by atoms with van der Waals surface area (Å²) in [7, 11) is 1.00. The van der Waals surface area contributed by atoms with Crippen molar-refractivity contribution in [2.45, 2.75) is 39.2 Å². The van der Waals surface area contributed by atoms with Gasteiger partial charge in [-0.2, -0.15) is 0 Å². The zero-order chi connectivity index (χ0) is 18.3. The number of aliphatic hydroxyl groups is 1. The zero-order valence-corrected chi connectivity index (χ0v) is 15.4. The van der Waals surface area contributed by atoms with Gasteiger partial charge in [-0.3, -0.25) is 0 Å². The third kappa shape index (κ3) is 5.51. The summed E-state index contributed by atoms with van der Waals surface area (Å²) in [5.41, 5.74) is 2.71. The number of phenols is 1. The molecular weight excluding hydrogens is 313 g/mol. The maximum atomic E-state index is 9.63. The lowest BCUT2D eigenvalue weighted by atomic mass is 9.85. The molecule has 0 aliphatic heterocycles. The highest BCUT2D eigenvalue weighted by Gasteiger charge is 2.19. The second kappa shape index (κ2) is 8.93. The van der Waals surface area contributed by atoms with Crippen LogP contribution < -0.4 is 10.1 Å². The predicted molar refractivity (Wildman–Crippen MR) is 104 cm³/mol. The van der Waals surface area contributed by atoms with E-state index >= 15 is 0 Å². The summed E-state index contributed by atoms with van der Waals surface area (Å²) in [6.07, 6.45) is 0.828. The fraction of sp³-hybridized carbons (Fsp3) is 0.400. The normalized spacial score (nSPS) is 11.4. The standard InChI is InChI=1S/C20H28BNO3/c1-20(2,17-5-7-18(8-6-17)25-14-21-3)22-11-10-15-4-9-19(24)16(12-15)13-23/h4-9,12,21-24H,10-11,13-14H2,1-3H3. The third-order valence-electron chi connectivity index (χ3n) is 4.34. The van der Waals surface area contributed by atoms with Crippen molar-refractivity contribution in [1.82, 2.24) is 5.32 Å². The monoisotopic (exact) mass is 341 g/mol. The lowest BCUT2D eigenvalue weighted by Crippen LogP contribution is -2.37. The molecule has 3 N–H and O–H groups in total. The average molecular weight is 341 g/mol. The molecule has 0 aliphatic carbocycles. The lowest BCUT2D eigenvalue weighted by Gasteiger charge is -2.27. The molecule has 4 nitrogen and oxygen atoms in total. The Bertz CT molecular complexity index is 671. The highest BCUT2D eigenvalue weighted by atomic mass is 16.5. The fourth-order valence-electron chi connectivity index (χ4n) is 2.73. The Labute approximate surface area is 151 Å². The summed E-state index contributed by atoms with van der Waals surface area (Å²) in [4.78, 5) is 0. The number of rotatable bonds is 9. The van der Waals surface area contributed by atoms with Crippen molar-refractivity contribution in [1.29, 1.82) is 0 Å². The second-order valence-corrected chi connectivity index (χ2v) is 6.80. The van der Waals surface area contributed by atoms with Crippen LogP contribution in [0.15, 0.2) is 42.5 Å². The van der Waals surface area contributed by atoms with Gasteiger partial charge in [-0.05, 0) is 62.2 Å². The van der Waals surface area contributed by atoms with Crippen molar-refractivity contribution >= 4 is 7.28 Å². The number of ether oxygens (including phenoxy) is 1. The van der Waals surface area contributed by atoms with Gasteiger partial charge in [0.1, 0.15) is 11.5 Å². The first kappa shape index (κ1) is 19.4. The van der Waals surface area contributed by atoms with E-state index in [1.54, 1.807) is 6.07 Å². The van der Waals surface area contributed by atoms with Gasteiger partial charge in [-0.1, -0.05) is 25.0 Å². The van der Waals surface area contributed by atoms with Gasteiger partial charge in [0.2, 0.25) is 0 Å². The number of hydrogen-bond donors (Lipinski definition) is 3. The molecule has 0 spiro atoms. The first-order chi connectivity index (χ1) is 12.0. The molecule has 2 rings (SSSR count). The molecule has 5 heteroatoms. The average Bonchev–Trinajstić information content (AvgIpc) is 2.61. The van der Waals surface area contributed by atoms with Gasteiger partial charge in [-0.25, -0.2) is 0 Å². The minimum atomic E-state index is -0.153. The van der Waals surface area contributed by atoms with Gasteiger partial charge in [0.05, 0.1) is 13.1 Å². The van der Waals surface area contributed by atoms with Gasteiger partial charge < -0.3 is 20.3 Å². The Morgan fingerprint density at radius 2 is 1.84 bits per heavy atom. The molecule has 0 unspecified atom stereocenters.